The van der Waals surface area contributed by atoms with E-state index in [2.05, 4.69) is 21.0 Å². The molecule has 5 aromatic rings. The highest BCUT2D eigenvalue weighted by Crippen LogP contribution is 2.33. The molecule has 0 spiro atoms. The van der Waals surface area contributed by atoms with Gasteiger partial charge in [-0.1, -0.05) is 18.2 Å². The van der Waals surface area contributed by atoms with Gasteiger partial charge in [0.25, 0.3) is 0 Å². The van der Waals surface area contributed by atoms with Crippen molar-refractivity contribution in [3.8, 4) is 29.1 Å². The Hall–Kier alpha value is -4.96. The Kier molecular flexibility index (Phi) is 5.76. The van der Waals surface area contributed by atoms with E-state index in [1.54, 1.807) is 60.6 Å². The summed E-state index contributed by atoms with van der Waals surface area (Å²) in [5.41, 5.74) is 3.43. The topological polar surface area (TPSA) is 95.6 Å². The maximum atomic E-state index is 13.1. The Morgan fingerprint density at radius 1 is 0.895 bits per heavy atom. The number of hydrogen-bond acceptors (Lipinski definition) is 5. The molecule has 7 nitrogen and oxygen atoms in total. The van der Waals surface area contributed by atoms with E-state index in [0.29, 0.717) is 44.7 Å². The summed E-state index contributed by atoms with van der Waals surface area (Å²) >= 11 is 0. The summed E-state index contributed by atoms with van der Waals surface area (Å²) in [6.07, 6.45) is 0.739. The summed E-state index contributed by atoms with van der Waals surface area (Å²) in [5.74, 6) is 0. The van der Waals surface area contributed by atoms with Crippen molar-refractivity contribution in [2.24, 2.45) is 12.0 Å². The Morgan fingerprint density at radius 2 is 1.61 bits per heavy atom. The molecule has 188 valence electrons. The van der Waals surface area contributed by atoms with E-state index in [1.165, 1.54) is 12.1 Å². The van der Waals surface area contributed by atoms with Crippen LogP contribution in [0.2, 0.25) is 0 Å². The van der Waals surface area contributed by atoms with Gasteiger partial charge in [-0.2, -0.15) is 23.7 Å². The fourth-order valence-electron chi connectivity index (χ4n) is 4.40. The predicted molar refractivity (Wildman–Crippen MR) is 136 cm³/mol. The third-order valence-electron chi connectivity index (χ3n) is 6.53. The van der Waals surface area contributed by atoms with Crippen molar-refractivity contribution in [1.82, 2.24) is 19.1 Å². The number of benzene rings is 2. The third kappa shape index (κ3) is 4.06. The zero-order valence-electron chi connectivity index (χ0n) is 20.6. The van der Waals surface area contributed by atoms with Crippen molar-refractivity contribution in [2.45, 2.75) is 25.4 Å². The largest absolute Gasteiger partial charge is 0.416 e. The maximum Gasteiger partial charge on any atom is 0.416 e. The van der Waals surface area contributed by atoms with E-state index in [9.17, 15) is 23.7 Å². The minimum Gasteiger partial charge on any atom is -0.311 e. The van der Waals surface area contributed by atoms with Crippen molar-refractivity contribution in [1.29, 1.82) is 10.5 Å². The summed E-state index contributed by atoms with van der Waals surface area (Å²) in [6, 6.07) is 16.3. The number of hydrogen-bond donors (Lipinski definition) is 0. The molecular weight excluding hydrogens is 491 g/mol. The van der Waals surface area contributed by atoms with Gasteiger partial charge >= 0.3 is 6.18 Å². The zero-order chi connectivity index (χ0) is 27.2. The summed E-state index contributed by atoms with van der Waals surface area (Å²) in [4.78, 5) is 13.1. The molecule has 0 saturated carbocycles. The number of nitrogens with zero attached hydrogens (tertiary/aromatic N) is 7. The van der Waals surface area contributed by atoms with Crippen molar-refractivity contribution in [3.05, 3.63) is 83.9 Å². The average Bonchev–Trinajstić information content (AvgIpc) is 3.20. The molecule has 3 heterocycles. The van der Waals surface area contributed by atoms with Gasteiger partial charge in [0.15, 0.2) is 0 Å². The van der Waals surface area contributed by atoms with E-state index in [0.717, 1.165) is 17.5 Å². The Labute approximate surface area is 215 Å². The number of rotatable bonds is 3. The number of pyridine rings is 2. The van der Waals surface area contributed by atoms with Crippen LogP contribution in [-0.2, 0) is 18.6 Å². The summed E-state index contributed by atoms with van der Waals surface area (Å²) in [6.45, 7) is 3.55. The SMILES string of the molecule is Cn1/c(=N/C#N)n(-c2ccc(C(C)(C)C#N)nc2)c2c3cc(-c4ccc(C(F)(F)F)cc4)ccc3ncc21. The Balaban J connectivity index is 1.78. The van der Waals surface area contributed by atoms with Gasteiger partial charge in [0.1, 0.15) is 0 Å². The third-order valence-corrected chi connectivity index (χ3v) is 6.53. The molecule has 0 aliphatic carbocycles. The van der Waals surface area contributed by atoms with Crippen LogP contribution < -0.4 is 5.62 Å². The molecule has 0 bridgehead atoms. The number of aromatic nitrogens is 4. The van der Waals surface area contributed by atoms with Crippen molar-refractivity contribution in [3.63, 3.8) is 0 Å². The van der Waals surface area contributed by atoms with Crippen LogP contribution in [0.5, 0.6) is 0 Å². The van der Waals surface area contributed by atoms with Gasteiger partial charge in [0.05, 0.1) is 57.4 Å². The fourth-order valence-corrected chi connectivity index (χ4v) is 4.40. The first kappa shape index (κ1) is 24.7. The summed E-state index contributed by atoms with van der Waals surface area (Å²) < 4.78 is 42.7. The molecule has 0 radical (unpaired) electrons. The lowest BCUT2D eigenvalue weighted by molar-refractivity contribution is -0.137. The molecule has 10 heteroatoms. The second kappa shape index (κ2) is 8.86. The highest BCUT2D eigenvalue weighted by atomic mass is 19.4. The van der Waals surface area contributed by atoms with Crippen LogP contribution >= 0.6 is 0 Å². The monoisotopic (exact) mass is 511 g/mol. The van der Waals surface area contributed by atoms with Gasteiger partial charge in [-0.25, -0.2) is 0 Å². The standard InChI is InChI=1S/C28H20F3N7/c1-27(2,15-32)24-11-9-20(13-35-24)38-25-21-12-18(17-4-7-19(8-5-17)28(29,30)31)6-10-22(21)34-14-23(25)37(3)26(38)36-16-33/h4-14H,1-3H3/b36-26-. The molecule has 38 heavy (non-hydrogen) atoms. The van der Waals surface area contributed by atoms with E-state index in [4.69, 9.17) is 0 Å². The van der Waals surface area contributed by atoms with Crippen LogP contribution in [0.25, 0.3) is 38.8 Å². The molecule has 0 amide bonds. The predicted octanol–water partition coefficient (Wildman–Crippen LogP) is 5.78. The van der Waals surface area contributed by atoms with Crippen LogP contribution in [0, 0.1) is 22.8 Å². The molecule has 0 saturated heterocycles. The van der Waals surface area contributed by atoms with Crippen molar-refractivity contribution >= 4 is 21.9 Å². The Bertz CT molecular complexity index is 1850. The average molecular weight is 512 g/mol. The molecular formula is C28H20F3N7. The molecule has 3 aromatic heterocycles. The maximum absolute atomic E-state index is 13.1. The minimum atomic E-state index is -4.42. The van der Waals surface area contributed by atoms with E-state index < -0.39 is 17.2 Å². The van der Waals surface area contributed by atoms with E-state index >= 15 is 0 Å². The highest BCUT2D eigenvalue weighted by molar-refractivity contribution is 6.04. The highest BCUT2D eigenvalue weighted by Gasteiger charge is 2.30. The second-order valence-corrected chi connectivity index (χ2v) is 9.34. The molecule has 0 N–H and O–H groups in total. The van der Waals surface area contributed by atoms with E-state index in [1.807, 2.05) is 18.3 Å². The number of alkyl halides is 3. The fraction of sp³-hybridized carbons (Fsp3) is 0.179. The smallest absolute Gasteiger partial charge is 0.311 e. The Morgan fingerprint density at radius 3 is 2.21 bits per heavy atom. The molecule has 2 aromatic carbocycles. The normalized spacial score (nSPS) is 12.6. The summed E-state index contributed by atoms with van der Waals surface area (Å²) in [5, 5.41) is 19.6. The van der Waals surface area contributed by atoms with Gasteiger partial charge in [0.2, 0.25) is 11.8 Å². The minimum absolute atomic E-state index is 0.339. The molecule has 0 fully saturated rings. The number of halogens is 3. The van der Waals surface area contributed by atoms with Gasteiger partial charge in [0, 0.05) is 12.4 Å². The number of aryl methyl sites for hydroxylation is 1. The van der Waals surface area contributed by atoms with Crippen molar-refractivity contribution in [2.75, 3.05) is 0 Å². The van der Waals surface area contributed by atoms with E-state index in [-0.39, 0.29) is 0 Å². The van der Waals surface area contributed by atoms with Crippen molar-refractivity contribution < 1.29 is 13.2 Å². The lowest BCUT2D eigenvalue weighted by atomic mass is 9.91. The first-order valence-corrected chi connectivity index (χ1v) is 11.5. The zero-order valence-corrected chi connectivity index (χ0v) is 20.6. The van der Waals surface area contributed by atoms with Gasteiger partial charge in [-0.15, -0.1) is 4.99 Å². The number of imidazole rings is 1. The molecule has 0 aliphatic rings. The van der Waals surface area contributed by atoms with Crippen LogP contribution in [0.1, 0.15) is 25.1 Å². The second-order valence-electron chi connectivity index (χ2n) is 9.34. The van der Waals surface area contributed by atoms with Crippen LogP contribution in [-0.4, -0.2) is 19.1 Å². The molecule has 0 aliphatic heterocycles. The van der Waals surface area contributed by atoms with Gasteiger partial charge in [-0.05, 0) is 61.4 Å². The number of fused-ring (bicyclic) bond motifs is 3. The number of nitriles is 2. The first-order valence-electron chi connectivity index (χ1n) is 11.5. The lowest BCUT2D eigenvalue weighted by Gasteiger charge is -2.15. The molecule has 5 rings (SSSR count). The van der Waals surface area contributed by atoms with Gasteiger partial charge in [-0.3, -0.25) is 14.5 Å². The molecule has 0 unspecified atom stereocenters. The first-order chi connectivity index (χ1) is 18.0. The van der Waals surface area contributed by atoms with Crippen LogP contribution in [0.4, 0.5) is 13.2 Å². The summed E-state index contributed by atoms with van der Waals surface area (Å²) in [7, 11) is 1.77. The van der Waals surface area contributed by atoms with Crippen LogP contribution in [0.3, 0.4) is 0 Å². The lowest BCUT2D eigenvalue weighted by Crippen LogP contribution is -2.23. The molecule has 0 atom stereocenters. The quantitative estimate of drug-likeness (QED) is 0.287. The van der Waals surface area contributed by atoms with Gasteiger partial charge < -0.3 is 4.57 Å². The van der Waals surface area contributed by atoms with Crippen LogP contribution in [0.15, 0.2) is 72.0 Å².